The Labute approximate surface area is 106 Å². The molecular weight excluding hydrogens is 238 g/mol. The number of nitrogens with zero attached hydrogens (tertiary/aromatic N) is 2. The molecule has 1 rings (SSSR count). The van der Waals surface area contributed by atoms with E-state index in [0.29, 0.717) is 18.2 Å². The van der Waals surface area contributed by atoms with Crippen LogP contribution < -0.4 is 10.5 Å². The number of hydrogen-bond acceptors (Lipinski definition) is 6. The maximum absolute atomic E-state index is 5.94. The van der Waals surface area contributed by atoms with Crippen molar-refractivity contribution in [3.8, 4) is 5.88 Å². The van der Waals surface area contributed by atoms with Crippen LogP contribution in [0.15, 0.2) is 11.4 Å². The predicted octanol–water partition coefficient (Wildman–Crippen LogP) is 1.98. The van der Waals surface area contributed by atoms with Crippen LogP contribution in [0.2, 0.25) is 0 Å². The average molecular weight is 257 g/mol. The molecule has 0 aliphatic carbocycles. The molecule has 0 aromatic carbocycles. The second-order valence-electron chi connectivity index (χ2n) is 3.44. The van der Waals surface area contributed by atoms with E-state index >= 15 is 0 Å². The second kappa shape index (κ2) is 8.14. The Morgan fingerprint density at radius 3 is 2.88 bits per heavy atom. The summed E-state index contributed by atoms with van der Waals surface area (Å²) >= 11 is 1.60. The SMILES string of the molecule is CCCOc1ncnc(SCCCOC)c1N. The summed E-state index contributed by atoms with van der Waals surface area (Å²) in [4.78, 5) is 8.18. The molecule has 0 atom stereocenters. The minimum absolute atomic E-state index is 0.482. The molecule has 0 aliphatic heterocycles. The van der Waals surface area contributed by atoms with Gasteiger partial charge in [0.25, 0.3) is 0 Å². The van der Waals surface area contributed by atoms with Gasteiger partial charge >= 0.3 is 0 Å². The lowest BCUT2D eigenvalue weighted by molar-refractivity contribution is 0.200. The lowest BCUT2D eigenvalue weighted by atomic mass is 10.5. The van der Waals surface area contributed by atoms with E-state index < -0.39 is 0 Å². The van der Waals surface area contributed by atoms with Gasteiger partial charge in [-0.2, -0.15) is 4.98 Å². The van der Waals surface area contributed by atoms with E-state index in [4.69, 9.17) is 15.2 Å². The fourth-order valence-corrected chi connectivity index (χ4v) is 1.99. The van der Waals surface area contributed by atoms with Gasteiger partial charge in [0.05, 0.1) is 6.61 Å². The normalized spacial score (nSPS) is 10.5. The van der Waals surface area contributed by atoms with Crippen LogP contribution in [0.3, 0.4) is 0 Å². The second-order valence-corrected chi connectivity index (χ2v) is 4.52. The molecule has 5 nitrogen and oxygen atoms in total. The molecule has 0 saturated heterocycles. The fourth-order valence-electron chi connectivity index (χ4n) is 1.17. The number of aromatic nitrogens is 2. The molecule has 2 N–H and O–H groups in total. The zero-order valence-electron chi connectivity index (χ0n) is 10.3. The van der Waals surface area contributed by atoms with E-state index in [1.54, 1.807) is 18.9 Å². The molecule has 6 heteroatoms. The standard InChI is InChI=1S/C11H19N3O2S/c1-3-5-16-10-9(12)11(14-8-13-10)17-7-4-6-15-2/h8H,3-7,12H2,1-2H3. The van der Waals surface area contributed by atoms with Crippen molar-refractivity contribution < 1.29 is 9.47 Å². The molecular formula is C11H19N3O2S. The first-order chi connectivity index (χ1) is 8.29. The van der Waals surface area contributed by atoms with Crippen LogP contribution >= 0.6 is 11.8 Å². The van der Waals surface area contributed by atoms with Crippen molar-refractivity contribution in [1.29, 1.82) is 0 Å². The highest BCUT2D eigenvalue weighted by Gasteiger charge is 2.09. The Balaban J connectivity index is 2.53. The van der Waals surface area contributed by atoms with Crippen molar-refractivity contribution in [2.75, 3.05) is 31.8 Å². The third-order valence-corrected chi connectivity index (χ3v) is 3.08. The number of hydrogen-bond donors (Lipinski definition) is 1. The summed E-state index contributed by atoms with van der Waals surface area (Å²) in [6, 6.07) is 0. The highest BCUT2D eigenvalue weighted by atomic mass is 32.2. The zero-order valence-corrected chi connectivity index (χ0v) is 11.1. The van der Waals surface area contributed by atoms with Crippen LogP contribution in [-0.4, -0.2) is 36.0 Å². The lowest BCUT2D eigenvalue weighted by Gasteiger charge is -2.09. The first-order valence-electron chi connectivity index (χ1n) is 5.64. The Bertz CT molecular complexity index is 336. The topological polar surface area (TPSA) is 70.3 Å². The number of nitrogens with two attached hydrogens (primary N) is 1. The molecule has 1 aromatic rings. The summed E-state index contributed by atoms with van der Waals surface area (Å²) in [5.41, 5.74) is 6.47. The summed E-state index contributed by atoms with van der Waals surface area (Å²) < 4.78 is 10.4. The van der Waals surface area contributed by atoms with Gasteiger partial charge in [0, 0.05) is 19.5 Å². The minimum Gasteiger partial charge on any atom is -0.476 e. The maximum atomic E-state index is 5.94. The molecule has 0 unspecified atom stereocenters. The number of methoxy groups -OCH3 is 1. The average Bonchev–Trinajstić information content (AvgIpc) is 2.35. The zero-order chi connectivity index (χ0) is 12.5. The summed E-state index contributed by atoms with van der Waals surface area (Å²) in [7, 11) is 1.69. The lowest BCUT2D eigenvalue weighted by Crippen LogP contribution is -2.04. The molecule has 0 amide bonds. The Morgan fingerprint density at radius 1 is 1.35 bits per heavy atom. The Kier molecular flexibility index (Phi) is 6.73. The molecule has 0 aliphatic rings. The largest absolute Gasteiger partial charge is 0.476 e. The van der Waals surface area contributed by atoms with E-state index in [2.05, 4.69) is 9.97 Å². The molecule has 96 valence electrons. The van der Waals surface area contributed by atoms with Crippen LogP contribution in [0.5, 0.6) is 5.88 Å². The molecule has 1 aromatic heterocycles. The summed E-state index contributed by atoms with van der Waals surface area (Å²) in [6.07, 6.45) is 3.38. The third-order valence-electron chi connectivity index (χ3n) is 1.99. The monoisotopic (exact) mass is 257 g/mol. The minimum atomic E-state index is 0.482. The van der Waals surface area contributed by atoms with E-state index in [1.165, 1.54) is 6.33 Å². The number of anilines is 1. The number of nitrogen functional groups attached to an aromatic ring is 1. The Hall–Kier alpha value is -1.01. The van der Waals surface area contributed by atoms with Gasteiger partial charge in [0.1, 0.15) is 17.0 Å². The van der Waals surface area contributed by atoms with Gasteiger partial charge in [-0.25, -0.2) is 4.98 Å². The first kappa shape index (κ1) is 14.1. The first-order valence-corrected chi connectivity index (χ1v) is 6.63. The smallest absolute Gasteiger partial charge is 0.241 e. The van der Waals surface area contributed by atoms with Crippen molar-refractivity contribution >= 4 is 17.4 Å². The van der Waals surface area contributed by atoms with E-state index in [0.717, 1.165) is 30.2 Å². The fraction of sp³-hybridized carbons (Fsp3) is 0.636. The Morgan fingerprint density at radius 2 is 2.18 bits per heavy atom. The number of rotatable bonds is 8. The van der Waals surface area contributed by atoms with Crippen molar-refractivity contribution in [2.45, 2.75) is 24.8 Å². The van der Waals surface area contributed by atoms with Gasteiger partial charge < -0.3 is 15.2 Å². The van der Waals surface area contributed by atoms with Crippen molar-refractivity contribution in [2.24, 2.45) is 0 Å². The van der Waals surface area contributed by atoms with Crippen LogP contribution in [0, 0.1) is 0 Å². The summed E-state index contributed by atoms with van der Waals surface area (Å²) in [5, 5.41) is 0.780. The van der Waals surface area contributed by atoms with Crippen LogP contribution in [0.4, 0.5) is 5.69 Å². The quantitative estimate of drug-likeness (QED) is 0.436. The highest BCUT2D eigenvalue weighted by molar-refractivity contribution is 7.99. The third kappa shape index (κ3) is 4.79. The van der Waals surface area contributed by atoms with Crippen molar-refractivity contribution in [3.63, 3.8) is 0 Å². The molecule has 0 radical (unpaired) electrons. The molecule has 0 fully saturated rings. The molecule has 0 bridgehead atoms. The molecule has 17 heavy (non-hydrogen) atoms. The van der Waals surface area contributed by atoms with E-state index in [-0.39, 0.29) is 0 Å². The van der Waals surface area contributed by atoms with Crippen molar-refractivity contribution in [3.05, 3.63) is 6.33 Å². The van der Waals surface area contributed by atoms with E-state index in [1.807, 2.05) is 6.92 Å². The van der Waals surface area contributed by atoms with E-state index in [9.17, 15) is 0 Å². The van der Waals surface area contributed by atoms with Crippen LogP contribution in [-0.2, 0) is 4.74 Å². The number of ether oxygens (including phenoxy) is 2. The van der Waals surface area contributed by atoms with Crippen LogP contribution in [0.1, 0.15) is 19.8 Å². The number of thioether (sulfide) groups is 1. The molecule has 0 spiro atoms. The summed E-state index contributed by atoms with van der Waals surface area (Å²) in [5.74, 6) is 1.40. The van der Waals surface area contributed by atoms with Crippen molar-refractivity contribution in [1.82, 2.24) is 9.97 Å². The van der Waals surface area contributed by atoms with Gasteiger partial charge in [-0.3, -0.25) is 0 Å². The van der Waals surface area contributed by atoms with Gasteiger partial charge in [0.15, 0.2) is 0 Å². The molecule has 0 saturated carbocycles. The molecule has 1 heterocycles. The van der Waals surface area contributed by atoms with Crippen LogP contribution in [0.25, 0.3) is 0 Å². The van der Waals surface area contributed by atoms with Gasteiger partial charge in [-0.15, -0.1) is 11.8 Å². The predicted molar refractivity (Wildman–Crippen MR) is 69.4 cm³/mol. The van der Waals surface area contributed by atoms with Gasteiger partial charge in [-0.1, -0.05) is 6.92 Å². The maximum Gasteiger partial charge on any atom is 0.241 e. The summed E-state index contributed by atoms with van der Waals surface area (Å²) in [6.45, 7) is 3.41. The van der Waals surface area contributed by atoms with Gasteiger partial charge in [0.2, 0.25) is 5.88 Å². The van der Waals surface area contributed by atoms with Gasteiger partial charge in [-0.05, 0) is 12.8 Å². The highest BCUT2D eigenvalue weighted by Crippen LogP contribution is 2.28.